The monoisotopic (exact) mass is 394 g/mol. The summed E-state index contributed by atoms with van der Waals surface area (Å²) in [6.07, 6.45) is 0. The van der Waals surface area contributed by atoms with Gasteiger partial charge in [-0.05, 0) is 37.7 Å². The van der Waals surface area contributed by atoms with Crippen LogP contribution in [-0.4, -0.2) is 37.1 Å². The highest BCUT2D eigenvalue weighted by Crippen LogP contribution is 2.32. The molecule has 7 heteroatoms. The van der Waals surface area contributed by atoms with Crippen LogP contribution in [0.15, 0.2) is 36.4 Å². The lowest BCUT2D eigenvalue weighted by Crippen LogP contribution is -2.39. The van der Waals surface area contributed by atoms with Crippen LogP contribution in [-0.2, 0) is 11.3 Å². The fraction of sp³-hybridized carbons (Fsp3) is 0.316. The van der Waals surface area contributed by atoms with E-state index in [1.54, 1.807) is 24.3 Å². The van der Waals surface area contributed by atoms with Crippen LogP contribution >= 0.6 is 23.2 Å². The zero-order valence-electron chi connectivity index (χ0n) is 14.6. The Balaban J connectivity index is 1.64. The van der Waals surface area contributed by atoms with E-state index < -0.39 is 0 Å². The van der Waals surface area contributed by atoms with E-state index in [0.29, 0.717) is 47.0 Å². The second-order valence-electron chi connectivity index (χ2n) is 6.15. The van der Waals surface area contributed by atoms with Gasteiger partial charge in [-0.2, -0.15) is 0 Å². The number of nitrogens with zero attached hydrogens (tertiary/aromatic N) is 1. The van der Waals surface area contributed by atoms with E-state index in [4.69, 9.17) is 32.7 Å². The van der Waals surface area contributed by atoms with Crippen molar-refractivity contribution in [2.24, 2.45) is 0 Å². The Morgan fingerprint density at radius 1 is 1.19 bits per heavy atom. The number of carbonyl (C=O) groups is 1. The summed E-state index contributed by atoms with van der Waals surface area (Å²) < 4.78 is 11.0. The molecule has 0 radical (unpaired) electrons. The number of ether oxygens (including phenoxy) is 2. The first kappa shape index (κ1) is 18.8. The van der Waals surface area contributed by atoms with Gasteiger partial charge in [0.2, 0.25) is 5.91 Å². The molecule has 0 bridgehead atoms. The Labute approximate surface area is 162 Å². The summed E-state index contributed by atoms with van der Waals surface area (Å²) in [6, 6.07) is 10.5. The molecule has 1 heterocycles. The summed E-state index contributed by atoms with van der Waals surface area (Å²) in [6.45, 7) is 3.39. The molecule has 1 aliphatic rings. The van der Waals surface area contributed by atoms with Crippen LogP contribution < -0.4 is 14.8 Å². The molecule has 1 atom stereocenters. The first-order chi connectivity index (χ1) is 12.5. The summed E-state index contributed by atoms with van der Waals surface area (Å²) in [5.41, 5.74) is 1.54. The molecule has 0 spiro atoms. The van der Waals surface area contributed by atoms with Crippen molar-refractivity contribution in [3.8, 4) is 11.5 Å². The van der Waals surface area contributed by atoms with Gasteiger partial charge < -0.3 is 14.8 Å². The minimum atomic E-state index is -0.363. The van der Waals surface area contributed by atoms with Gasteiger partial charge in [-0.3, -0.25) is 9.69 Å². The predicted molar refractivity (Wildman–Crippen MR) is 103 cm³/mol. The number of carbonyl (C=O) groups excluding carboxylic acids is 1. The summed E-state index contributed by atoms with van der Waals surface area (Å²) >= 11 is 12.3. The van der Waals surface area contributed by atoms with E-state index in [-0.39, 0.29) is 11.9 Å². The molecule has 0 aromatic heterocycles. The number of hydrogen-bond acceptors (Lipinski definition) is 4. The molecular weight excluding hydrogens is 375 g/mol. The predicted octanol–water partition coefficient (Wildman–Crippen LogP) is 4.22. The first-order valence-electron chi connectivity index (χ1n) is 8.29. The van der Waals surface area contributed by atoms with Gasteiger partial charge >= 0.3 is 0 Å². The number of amides is 1. The van der Waals surface area contributed by atoms with Crippen LogP contribution in [0.3, 0.4) is 0 Å². The SMILES string of the molecule is C[C@H](C(=O)Nc1ccc2c(c1)OCCO2)N(C)Cc1cccc(Cl)c1Cl. The van der Waals surface area contributed by atoms with Crippen molar-refractivity contribution >= 4 is 34.8 Å². The third kappa shape index (κ3) is 4.23. The number of likely N-dealkylation sites (N-methyl/N-ethyl adjacent to an activating group) is 1. The molecule has 1 amide bonds. The van der Waals surface area contributed by atoms with Crippen molar-refractivity contribution in [2.75, 3.05) is 25.6 Å². The molecular formula is C19H20Cl2N2O3. The third-order valence-corrected chi connectivity index (χ3v) is 5.16. The van der Waals surface area contributed by atoms with Crippen molar-refractivity contribution < 1.29 is 14.3 Å². The van der Waals surface area contributed by atoms with Gasteiger partial charge in [-0.15, -0.1) is 0 Å². The molecule has 2 aromatic rings. The highest BCUT2D eigenvalue weighted by molar-refractivity contribution is 6.42. The molecule has 3 rings (SSSR count). The summed E-state index contributed by atoms with van der Waals surface area (Å²) in [5, 5.41) is 3.93. The quantitative estimate of drug-likeness (QED) is 0.824. The number of halogens is 2. The lowest BCUT2D eigenvalue weighted by molar-refractivity contribution is -0.120. The number of nitrogens with one attached hydrogen (secondary N) is 1. The Morgan fingerprint density at radius 2 is 1.92 bits per heavy atom. The van der Waals surface area contributed by atoms with Crippen molar-refractivity contribution in [2.45, 2.75) is 19.5 Å². The Hall–Kier alpha value is -1.95. The third-order valence-electron chi connectivity index (χ3n) is 4.30. The Morgan fingerprint density at radius 3 is 2.69 bits per heavy atom. The standard InChI is InChI=1S/C19H20Cl2N2O3/c1-12(23(2)11-13-4-3-5-15(20)18(13)21)19(24)22-14-6-7-16-17(10-14)26-9-8-25-16/h3-7,10,12H,8-9,11H2,1-2H3,(H,22,24)/t12-/m1/s1. The molecule has 0 saturated carbocycles. The van der Waals surface area contributed by atoms with Crippen LogP contribution in [0.5, 0.6) is 11.5 Å². The van der Waals surface area contributed by atoms with E-state index in [1.165, 1.54) is 0 Å². The number of rotatable bonds is 5. The number of hydrogen-bond donors (Lipinski definition) is 1. The lowest BCUT2D eigenvalue weighted by atomic mass is 10.1. The summed E-state index contributed by atoms with van der Waals surface area (Å²) in [5.74, 6) is 1.21. The van der Waals surface area contributed by atoms with Crippen molar-refractivity contribution in [1.29, 1.82) is 0 Å². The van der Waals surface area contributed by atoms with Crippen LogP contribution in [0.2, 0.25) is 10.0 Å². The van der Waals surface area contributed by atoms with E-state index >= 15 is 0 Å². The van der Waals surface area contributed by atoms with Gasteiger partial charge in [0.1, 0.15) is 13.2 Å². The average molecular weight is 395 g/mol. The van der Waals surface area contributed by atoms with E-state index in [2.05, 4.69) is 5.32 Å². The smallest absolute Gasteiger partial charge is 0.241 e. The normalized spacial score (nSPS) is 14.2. The number of fused-ring (bicyclic) bond motifs is 1. The number of benzene rings is 2. The maximum Gasteiger partial charge on any atom is 0.241 e. The average Bonchev–Trinajstić information content (AvgIpc) is 2.64. The van der Waals surface area contributed by atoms with Gasteiger partial charge in [0.05, 0.1) is 16.1 Å². The largest absolute Gasteiger partial charge is 0.486 e. The lowest BCUT2D eigenvalue weighted by Gasteiger charge is -2.25. The van der Waals surface area contributed by atoms with Gasteiger partial charge in [0, 0.05) is 18.3 Å². The zero-order chi connectivity index (χ0) is 18.7. The molecule has 1 N–H and O–H groups in total. The van der Waals surface area contributed by atoms with Gasteiger partial charge in [0.15, 0.2) is 11.5 Å². The fourth-order valence-electron chi connectivity index (χ4n) is 2.64. The van der Waals surface area contributed by atoms with Gasteiger partial charge in [-0.25, -0.2) is 0 Å². The van der Waals surface area contributed by atoms with Crippen LogP contribution in [0, 0.1) is 0 Å². The second kappa shape index (κ2) is 8.16. The summed E-state index contributed by atoms with van der Waals surface area (Å²) in [7, 11) is 1.87. The van der Waals surface area contributed by atoms with Gasteiger partial charge in [-0.1, -0.05) is 35.3 Å². The maximum atomic E-state index is 12.6. The highest BCUT2D eigenvalue weighted by Gasteiger charge is 2.20. The zero-order valence-corrected chi connectivity index (χ0v) is 16.1. The van der Waals surface area contributed by atoms with E-state index in [9.17, 15) is 4.79 Å². The van der Waals surface area contributed by atoms with Crippen LogP contribution in [0.4, 0.5) is 5.69 Å². The van der Waals surface area contributed by atoms with Crippen molar-refractivity contribution in [3.05, 3.63) is 52.0 Å². The van der Waals surface area contributed by atoms with E-state index in [1.807, 2.05) is 31.0 Å². The molecule has 5 nitrogen and oxygen atoms in total. The molecule has 1 aliphatic heterocycles. The number of anilines is 1. The summed E-state index contributed by atoms with van der Waals surface area (Å²) in [4.78, 5) is 14.5. The topological polar surface area (TPSA) is 50.8 Å². The van der Waals surface area contributed by atoms with Crippen molar-refractivity contribution in [1.82, 2.24) is 4.90 Å². The Bertz CT molecular complexity index is 813. The van der Waals surface area contributed by atoms with Crippen molar-refractivity contribution in [3.63, 3.8) is 0 Å². The minimum absolute atomic E-state index is 0.123. The molecule has 138 valence electrons. The second-order valence-corrected chi connectivity index (χ2v) is 6.94. The van der Waals surface area contributed by atoms with E-state index in [0.717, 1.165) is 5.56 Å². The molecule has 0 fully saturated rings. The Kier molecular flexibility index (Phi) is 5.91. The molecule has 26 heavy (non-hydrogen) atoms. The maximum absolute atomic E-state index is 12.6. The highest BCUT2D eigenvalue weighted by atomic mass is 35.5. The van der Waals surface area contributed by atoms with Crippen LogP contribution in [0.1, 0.15) is 12.5 Å². The van der Waals surface area contributed by atoms with Gasteiger partial charge in [0.25, 0.3) is 0 Å². The molecule has 0 aliphatic carbocycles. The fourth-order valence-corrected chi connectivity index (χ4v) is 3.02. The molecule has 2 aromatic carbocycles. The minimum Gasteiger partial charge on any atom is -0.486 e. The first-order valence-corrected chi connectivity index (χ1v) is 9.05. The molecule has 0 saturated heterocycles. The van der Waals surface area contributed by atoms with Crippen LogP contribution in [0.25, 0.3) is 0 Å². The molecule has 0 unspecified atom stereocenters.